The number of nitrogens with zero attached hydrogens (tertiary/aromatic N) is 3. The van der Waals surface area contributed by atoms with Gasteiger partial charge in [-0.15, -0.1) is 0 Å². The Morgan fingerprint density at radius 3 is 2.52 bits per heavy atom. The molecule has 120 valence electrons. The van der Waals surface area contributed by atoms with Crippen molar-refractivity contribution < 1.29 is 8.42 Å². The number of nitrogens with one attached hydrogen (secondary N) is 2. The molecule has 2 rings (SSSR count). The molecule has 0 aliphatic heterocycles. The summed E-state index contributed by atoms with van der Waals surface area (Å²) in [7, 11) is 3.91. The van der Waals surface area contributed by atoms with Crippen molar-refractivity contribution in [3.63, 3.8) is 0 Å². The summed E-state index contributed by atoms with van der Waals surface area (Å²) in [5.41, 5.74) is 0.627. The molecular formula is C13H25N5O2S. The molecule has 1 aromatic rings. The second-order valence-electron chi connectivity index (χ2n) is 5.99. The molecule has 1 aliphatic carbocycles. The van der Waals surface area contributed by atoms with Crippen LogP contribution in [0, 0.1) is 0 Å². The molecule has 21 heavy (non-hydrogen) atoms. The monoisotopic (exact) mass is 315 g/mol. The molecular weight excluding hydrogens is 290 g/mol. The van der Waals surface area contributed by atoms with Crippen LogP contribution in [0.3, 0.4) is 0 Å². The van der Waals surface area contributed by atoms with E-state index in [2.05, 4.69) is 20.4 Å². The van der Waals surface area contributed by atoms with Crippen LogP contribution in [0.5, 0.6) is 0 Å². The van der Waals surface area contributed by atoms with Gasteiger partial charge in [-0.3, -0.25) is 5.10 Å². The normalized spacial score (nSPS) is 18.2. The lowest BCUT2D eigenvalue weighted by Crippen LogP contribution is -2.57. The topological polar surface area (TPSA) is 81.3 Å². The predicted octanol–water partition coefficient (Wildman–Crippen LogP) is 0.234. The van der Waals surface area contributed by atoms with Crippen molar-refractivity contribution in [2.75, 3.05) is 34.7 Å². The van der Waals surface area contributed by atoms with Gasteiger partial charge in [0.1, 0.15) is 0 Å². The highest BCUT2D eigenvalue weighted by atomic mass is 32.2. The number of aromatic nitrogens is 2. The smallest absolute Gasteiger partial charge is 0.260 e. The number of H-pyrrole nitrogens is 1. The van der Waals surface area contributed by atoms with Gasteiger partial charge in [0.2, 0.25) is 0 Å². The molecule has 1 heterocycles. The van der Waals surface area contributed by atoms with Crippen molar-refractivity contribution in [2.24, 2.45) is 0 Å². The van der Waals surface area contributed by atoms with Crippen LogP contribution in [0.25, 0.3) is 0 Å². The van der Waals surface area contributed by atoms with Crippen molar-refractivity contribution in [3.05, 3.63) is 11.8 Å². The molecule has 0 atom stereocenters. The predicted molar refractivity (Wildman–Crippen MR) is 81.4 cm³/mol. The zero-order valence-corrected chi connectivity index (χ0v) is 14.0. The molecule has 0 saturated heterocycles. The van der Waals surface area contributed by atoms with E-state index in [1.54, 1.807) is 20.3 Å². The molecule has 1 fully saturated rings. The van der Waals surface area contributed by atoms with Crippen LogP contribution in [0.4, 0.5) is 0 Å². The maximum atomic E-state index is 12.7. The Kier molecular flexibility index (Phi) is 4.72. The van der Waals surface area contributed by atoms with Gasteiger partial charge in [0.05, 0.1) is 6.20 Å². The second-order valence-corrected chi connectivity index (χ2v) is 7.97. The molecule has 1 saturated carbocycles. The molecule has 7 nitrogen and oxygen atoms in total. The molecule has 8 heteroatoms. The summed E-state index contributed by atoms with van der Waals surface area (Å²) in [5, 5.41) is 9.65. The van der Waals surface area contributed by atoms with E-state index in [0.717, 1.165) is 19.3 Å². The fourth-order valence-electron chi connectivity index (χ4n) is 2.83. The average molecular weight is 315 g/mol. The molecule has 0 amide bonds. The van der Waals surface area contributed by atoms with Crippen LogP contribution < -0.4 is 5.32 Å². The Balaban J connectivity index is 2.21. The summed E-state index contributed by atoms with van der Waals surface area (Å²) in [4.78, 5) is 2.14. The van der Waals surface area contributed by atoms with E-state index in [9.17, 15) is 8.42 Å². The molecule has 0 unspecified atom stereocenters. The first-order chi connectivity index (χ1) is 9.83. The van der Waals surface area contributed by atoms with E-state index in [1.165, 1.54) is 4.31 Å². The zero-order chi connectivity index (χ0) is 15.7. The third-order valence-corrected chi connectivity index (χ3v) is 6.28. The molecule has 1 aliphatic rings. The van der Waals surface area contributed by atoms with Gasteiger partial charge >= 0.3 is 0 Å². The number of sulfonamides is 1. The van der Waals surface area contributed by atoms with Crippen molar-refractivity contribution >= 4 is 10.0 Å². The van der Waals surface area contributed by atoms with Crippen molar-refractivity contribution in [2.45, 2.75) is 36.4 Å². The maximum Gasteiger partial charge on any atom is 0.260 e. The lowest BCUT2D eigenvalue weighted by molar-refractivity contribution is 0.0454. The quantitative estimate of drug-likeness (QED) is 0.753. The van der Waals surface area contributed by atoms with E-state index in [4.69, 9.17) is 0 Å². The van der Waals surface area contributed by atoms with Gasteiger partial charge in [0.25, 0.3) is 10.0 Å². The highest BCUT2D eigenvalue weighted by Gasteiger charge is 2.42. The van der Waals surface area contributed by atoms with Crippen LogP contribution in [0.1, 0.15) is 24.8 Å². The first kappa shape index (κ1) is 16.4. The molecule has 0 spiro atoms. The molecule has 2 N–H and O–H groups in total. The van der Waals surface area contributed by atoms with Crippen molar-refractivity contribution in [1.29, 1.82) is 0 Å². The summed E-state index contributed by atoms with van der Waals surface area (Å²) in [5.74, 6) is 0. The Morgan fingerprint density at radius 1 is 1.38 bits per heavy atom. The number of hydrogen-bond acceptors (Lipinski definition) is 5. The van der Waals surface area contributed by atoms with Crippen LogP contribution in [-0.2, 0) is 16.6 Å². The fraction of sp³-hybridized carbons (Fsp3) is 0.769. The van der Waals surface area contributed by atoms with Crippen molar-refractivity contribution in [3.8, 4) is 0 Å². The Bertz CT molecular complexity index is 577. The summed E-state index contributed by atoms with van der Waals surface area (Å²) < 4.78 is 26.9. The van der Waals surface area contributed by atoms with Gasteiger partial charge in [-0.05, 0) is 40.4 Å². The van der Waals surface area contributed by atoms with E-state index < -0.39 is 10.0 Å². The number of aromatic amines is 1. The van der Waals surface area contributed by atoms with E-state index in [-0.39, 0.29) is 10.6 Å². The summed E-state index contributed by atoms with van der Waals surface area (Å²) in [6.07, 6.45) is 4.78. The highest BCUT2D eigenvalue weighted by molar-refractivity contribution is 7.89. The zero-order valence-electron chi connectivity index (χ0n) is 13.2. The highest BCUT2D eigenvalue weighted by Crippen LogP contribution is 2.37. The molecule has 0 bridgehead atoms. The lowest BCUT2D eigenvalue weighted by atomic mass is 9.75. The van der Waals surface area contributed by atoms with E-state index in [0.29, 0.717) is 18.7 Å². The Morgan fingerprint density at radius 2 is 2.05 bits per heavy atom. The number of hydrogen-bond donors (Lipinski definition) is 2. The largest absolute Gasteiger partial charge is 0.316 e. The van der Waals surface area contributed by atoms with Crippen LogP contribution in [0.15, 0.2) is 11.2 Å². The van der Waals surface area contributed by atoms with Gasteiger partial charge in [-0.25, -0.2) is 8.42 Å². The van der Waals surface area contributed by atoms with Gasteiger partial charge in [-0.1, -0.05) is 0 Å². The van der Waals surface area contributed by atoms with Gasteiger partial charge < -0.3 is 10.2 Å². The minimum Gasteiger partial charge on any atom is -0.316 e. The van der Waals surface area contributed by atoms with Gasteiger partial charge in [0.15, 0.2) is 5.03 Å². The van der Waals surface area contributed by atoms with Crippen molar-refractivity contribution in [1.82, 2.24) is 24.7 Å². The number of rotatable bonds is 7. The number of likely N-dealkylation sites (N-methyl/N-ethyl adjacent to an activating group) is 2. The SMILES string of the molecule is CNCc1cn[nH]c1S(=O)(=O)N(C)CC1(N(C)C)CCC1. The molecule has 0 aromatic carbocycles. The third-order valence-electron chi connectivity index (χ3n) is 4.46. The van der Waals surface area contributed by atoms with Crippen LogP contribution >= 0.6 is 0 Å². The Hall–Kier alpha value is -0.960. The first-order valence-corrected chi connectivity index (χ1v) is 8.58. The van der Waals surface area contributed by atoms with Crippen LogP contribution in [-0.4, -0.2) is 68.1 Å². The second kappa shape index (κ2) is 6.04. The summed E-state index contributed by atoms with van der Waals surface area (Å²) in [6, 6.07) is 0. The minimum atomic E-state index is -3.54. The first-order valence-electron chi connectivity index (χ1n) is 7.14. The molecule has 1 aromatic heterocycles. The Labute approximate surface area is 126 Å². The third kappa shape index (κ3) is 2.98. The maximum absolute atomic E-state index is 12.7. The average Bonchev–Trinajstić information content (AvgIpc) is 2.82. The summed E-state index contributed by atoms with van der Waals surface area (Å²) in [6.45, 7) is 0.970. The lowest BCUT2D eigenvalue weighted by Gasteiger charge is -2.48. The van der Waals surface area contributed by atoms with E-state index >= 15 is 0 Å². The van der Waals surface area contributed by atoms with Gasteiger partial charge in [-0.2, -0.15) is 9.40 Å². The molecule has 0 radical (unpaired) electrons. The summed E-state index contributed by atoms with van der Waals surface area (Å²) >= 11 is 0. The van der Waals surface area contributed by atoms with E-state index in [1.807, 2.05) is 14.1 Å². The standard InChI is InChI=1S/C13H25N5O2S/c1-14-8-11-9-15-16-12(11)21(19,20)18(4)10-13(17(2)3)6-5-7-13/h9,14H,5-8,10H2,1-4H3,(H,15,16). The fourth-order valence-corrected chi connectivity index (χ4v) is 4.17. The van der Waals surface area contributed by atoms with Gasteiger partial charge in [0, 0.05) is 31.2 Å². The van der Waals surface area contributed by atoms with Crippen LogP contribution in [0.2, 0.25) is 0 Å². The minimum absolute atomic E-state index is 0.0367.